The third-order valence-corrected chi connectivity index (χ3v) is 5.27. The summed E-state index contributed by atoms with van der Waals surface area (Å²) in [6.07, 6.45) is -9.39. The second-order valence-corrected chi connectivity index (χ2v) is 7.53. The summed E-state index contributed by atoms with van der Waals surface area (Å²) >= 11 is 0. The smallest absolute Gasteiger partial charge is 0.111 e. The topological polar surface area (TPSA) is 232 Å². The summed E-state index contributed by atoms with van der Waals surface area (Å²) in [6.45, 7) is -4.92. The van der Waals surface area contributed by atoms with Gasteiger partial charge in [0.2, 0.25) is 0 Å². The van der Waals surface area contributed by atoms with E-state index in [1.54, 1.807) is 0 Å². The molecule has 12 heteroatoms. The van der Waals surface area contributed by atoms with Crippen molar-refractivity contribution in [3.63, 3.8) is 0 Å². The third kappa shape index (κ3) is 7.94. The summed E-state index contributed by atoms with van der Waals surface area (Å²) in [5.41, 5.74) is -2.78. The summed E-state index contributed by atoms with van der Waals surface area (Å²) < 4.78 is 5.48. The number of rotatable bonds is 17. The molecule has 11 N–H and O–H groups in total. The Morgan fingerprint density at radius 3 is 1.41 bits per heavy atom. The maximum Gasteiger partial charge on any atom is 0.111 e. The van der Waals surface area contributed by atoms with Gasteiger partial charge >= 0.3 is 0 Å². The highest BCUT2D eigenvalue weighted by molar-refractivity contribution is 4.90. The maximum absolute atomic E-state index is 10.4. The number of ether oxygens (including phenoxy) is 1. The Balaban J connectivity index is 5.44. The molecule has 0 aromatic carbocycles. The fourth-order valence-corrected chi connectivity index (χ4v) is 2.62. The van der Waals surface area contributed by atoms with Crippen LogP contribution in [0.4, 0.5) is 0 Å². The highest BCUT2D eigenvalue weighted by Gasteiger charge is 2.41. The summed E-state index contributed by atoms with van der Waals surface area (Å²) in [5.74, 6) is 0. The molecule has 0 aromatic heterocycles. The molecular formula is C17H36O12. The lowest BCUT2D eigenvalue weighted by Gasteiger charge is -2.37. The van der Waals surface area contributed by atoms with Crippen molar-refractivity contribution in [2.45, 2.75) is 43.4 Å². The van der Waals surface area contributed by atoms with Crippen molar-refractivity contribution in [3.05, 3.63) is 0 Å². The van der Waals surface area contributed by atoms with E-state index in [4.69, 9.17) is 9.84 Å². The van der Waals surface area contributed by atoms with Crippen LogP contribution < -0.4 is 0 Å². The van der Waals surface area contributed by atoms with Crippen LogP contribution in [0.25, 0.3) is 0 Å². The van der Waals surface area contributed by atoms with E-state index < -0.39 is 87.6 Å². The van der Waals surface area contributed by atoms with Crippen LogP contribution in [0.5, 0.6) is 0 Å². The van der Waals surface area contributed by atoms with Gasteiger partial charge in [0.05, 0.1) is 52.4 Å². The minimum absolute atomic E-state index is 0.0675. The normalized spacial score (nSPS) is 18.3. The minimum Gasteiger partial charge on any atom is -0.396 e. The predicted octanol–water partition coefficient (Wildman–Crippen LogP) is -5.49. The van der Waals surface area contributed by atoms with Crippen molar-refractivity contribution in [2.75, 3.05) is 52.9 Å². The van der Waals surface area contributed by atoms with E-state index in [0.717, 1.165) is 0 Å². The van der Waals surface area contributed by atoms with E-state index >= 15 is 0 Å². The van der Waals surface area contributed by atoms with Gasteiger partial charge in [-0.25, -0.2) is 0 Å². The molecule has 0 rings (SSSR count). The Morgan fingerprint density at radius 2 is 1.03 bits per heavy atom. The molecule has 0 bridgehead atoms. The largest absolute Gasteiger partial charge is 0.396 e. The van der Waals surface area contributed by atoms with Gasteiger partial charge in [-0.3, -0.25) is 0 Å². The van der Waals surface area contributed by atoms with Crippen molar-refractivity contribution in [3.8, 4) is 0 Å². The van der Waals surface area contributed by atoms with Gasteiger partial charge in [0.25, 0.3) is 0 Å². The lowest BCUT2D eigenvalue weighted by atomic mass is 9.81. The van der Waals surface area contributed by atoms with Crippen LogP contribution in [0.1, 0.15) is 12.8 Å². The van der Waals surface area contributed by atoms with Gasteiger partial charge in [0, 0.05) is 17.4 Å². The summed E-state index contributed by atoms with van der Waals surface area (Å²) in [4.78, 5) is 0. The van der Waals surface area contributed by atoms with Crippen molar-refractivity contribution in [2.24, 2.45) is 10.8 Å². The summed E-state index contributed by atoms with van der Waals surface area (Å²) in [7, 11) is 0. The molecule has 0 radical (unpaired) electrons. The molecule has 0 aliphatic rings. The van der Waals surface area contributed by atoms with Gasteiger partial charge in [-0.05, 0) is 12.8 Å². The fraction of sp³-hybridized carbons (Fsp3) is 1.00. The molecule has 1 unspecified atom stereocenters. The molecule has 0 saturated carbocycles. The van der Waals surface area contributed by atoms with Crippen LogP contribution in [0.3, 0.4) is 0 Å². The number of hydrogen-bond acceptors (Lipinski definition) is 12. The standard InChI is InChI=1S/C17H36O12/c18-4-11(25)13(26)15(28)14(27)12(3-17(8-22,9-23)10-24)29-2-1-16(5-19,6-20)7-21/h11-15,18-28H,1-10H2/t11-,12?,13-,14+,15+/m1/s1. The summed E-state index contributed by atoms with van der Waals surface area (Å²) in [5, 5.41) is 105. The molecule has 0 aliphatic carbocycles. The molecule has 0 spiro atoms. The zero-order valence-corrected chi connectivity index (χ0v) is 16.3. The average molecular weight is 432 g/mol. The first-order valence-corrected chi connectivity index (χ1v) is 9.25. The molecule has 5 atom stereocenters. The van der Waals surface area contributed by atoms with Gasteiger partial charge < -0.3 is 60.9 Å². The first-order valence-electron chi connectivity index (χ1n) is 9.25. The van der Waals surface area contributed by atoms with E-state index in [9.17, 15) is 51.1 Å². The highest BCUT2D eigenvalue weighted by atomic mass is 16.5. The first kappa shape index (κ1) is 28.5. The van der Waals surface area contributed by atoms with E-state index in [2.05, 4.69) is 0 Å². The molecule has 0 heterocycles. The van der Waals surface area contributed by atoms with Crippen LogP contribution in [0, 0.1) is 10.8 Å². The van der Waals surface area contributed by atoms with E-state index in [0.29, 0.717) is 0 Å². The molecule has 0 saturated heterocycles. The SMILES string of the molecule is OC[C@@H](O)[C@@H](O)[C@H](O)[C@@H](O)C(CC(CO)(CO)CO)OCCC(CO)(CO)CO. The van der Waals surface area contributed by atoms with Gasteiger partial charge in [0.15, 0.2) is 0 Å². The Hall–Kier alpha value is -0.480. The monoisotopic (exact) mass is 432 g/mol. The van der Waals surface area contributed by atoms with Gasteiger partial charge in [-0.2, -0.15) is 0 Å². The van der Waals surface area contributed by atoms with Crippen LogP contribution in [-0.4, -0.2) is 140 Å². The molecule has 12 nitrogen and oxygen atoms in total. The second kappa shape index (κ2) is 13.7. The molecule has 0 aliphatic heterocycles. The van der Waals surface area contributed by atoms with Crippen LogP contribution >= 0.6 is 0 Å². The van der Waals surface area contributed by atoms with Crippen LogP contribution in [0.15, 0.2) is 0 Å². The van der Waals surface area contributed by atoms with Gasteiger partial charge in [-0.15, -0.1) is 0 Å². The molecule has 0 fully saturated rings. The first-order chi connectivity index (χ1) is 13.6. The average Bonchev–Trinajstić information content (AvgIpc) is 2.77. The number of aliphatic hydroxyl groups excluding tert-OH is 11. The van der Waals surface area contributed by atoms with Crippen LogP contribution in [0.2, 0.25) is 0 Å². The Morgan fingerprint density at radius 1 is 0.586 bits per heavy atom. The highest BCUT2D eigenvalue weighted by Crippen LogP contribution is 2.28. The third-order valence-electron chi connectivity index (χ3n) is 5.27. The Labute approximate surface area is 168 Å². The van der Waals surface area contributed by atoms with Gasteiger partial charge in [0.1, 0.15) is 24.4 Å². The Kier molecular flexibility index (Phi) is 13.5. The molecule has 29 heavy (non-hydrogen) atoms. The van der Waals surface area contributed by atoms with Crippen molar-refractivity contribution >= 4 is 0 Å². The minimum atomic E-state index is -1.99. The molecular weight excluding hydrogens is 396 g/mol. The van der Waals surface area contributed by atoms with Crippen molar-refractivity contribution in [1.82, 2.24) is 0 Å². The fourth-order valence-electron chi connectivity index (χ4n) is 2.62. The number of hydrogen-bond donors (Lipinski definition) is 11. The van der Waals surface area contributed by atoms with Crippen LogP contribution in [-0.2, 0) is 4.74 Å². The number of aliphatic hydroxyl groups is 11. The van der Waals surface area contributed by atoms with E-state index in [-0.39, 0.29) is 19.4 Å². The quantitative estimate of drug-likeness (QED) is 0.103. The zero-order valence-electron chi connectivity index (χ0n) is 16.3. The predicted molar refractivity (Wildman–Crippen MR) is 97.5 cm³/mol. The Bertz CT molecular complexity index is 399. The van der Waals surface area contributed by atoms with E-state index in [1.807, 2.05) is 0 Å². The van der Waals surface area contributed by atoms with Crippen molar-refractivity contribution in [1.29, 1.82) is 0 Å². The second-order valence-electron chi connectivity index (χ2n) is 7.53. The van der Waals surface area contributed by atoms with Crippen molar-refractivity contribution < 1.29 is 60.9 Å². The summed E-state index contributed by atoms with van der Waals surface area (Å²) in [6, 6.07) is 0. The van der Waals surface area contributed by atoms with Gasteiger partial charge in [-0.1, -0.05) is 0 Å². The molecule has 0 amide bonds. The maximum atomic E-state index is 10.4. The lowest BCUT2D eigenvalue weighted by Crippen LogP contribution is -2.53. The molecule has 176 valence electrons. The zero-order chi connectivity index (χ0) is 22.7. The van der Waals surface area contributed by atoms with E-state index in [1.165, 1.54) is 0 Å². The lowest BCUT2D eigenvalue weighted by molar-refractivity contribution is -0.166. The molecule has 0 aromatic rings.